The number of rotatable bonds is 4. The molecule has 1 atom stereocenters. The van der Waals surface area contributed by atoms with Crippen molar-refractivity contribution in [2.75, 3.05) is 6.54 Å². The molecule has 1 aromatic carbocycles. The van der Waals surface area contributed by atoms with Crippen molar-refractivity contribution in [1.29, 1.82) is 0 Å². The highest BCUT2D eigenvalue weighted by Crippen LogP contribution is 2.37. The van der Waals surface area contributed by atoms with Crippen molar-refractivity contribution >= 4 is 11.3 Å². The molecular formula is C16H18F2N2S. The van der Waals surface area contributed by atoms with Gasteiger partial charge in [-0.15, -0.1) is 11.3 Å². The molecule has 3 rings (SSSR count). The average Bonchev–Trinajstić information content (AvgIpc) is 2.89. The summed E-state index contributed by atoms with van der Waals surface area (Å²) >= 11 is 1.53. The van der Waals surface area contributed by atoms with Crippen LogP contribution in [0.5, 0.6) is 0 Å². The zero-order valence-electron chi connectivity index (χ0n) is 12.0. The molecule has 2 aromatic rings. The number of aryl methyl sites for hydroxylation is 1. The molecule has 0 saturated carbocycles. The first-order valence-electron chi connectivity index (χ1n) is 7.37. The van der Waals surface area contributed by atoms with E-state index in [2.05, 4.69) is 17.2 Å². The minimum absolute atomic E-state index is 0.266. The molecule has 0 amide bonds. The minimum Gasteiger partial charge on any atom is -0.309 e. The lowest BCUT2D eigenvalue weighted by molar-refractivity contribution is 0.454. The van der Waals surface area contributed by atoms with Gasteiger partial charge in [-0.2, -0.15) is 0 Å². The van der Waals surface area contributed by atoms with Gasteiger partial charge in [0.25, 0.3) is 0 Å². The molecule has 112 valence electrons. The fraction of sp³-hybridized carbons (Fsp3) is 0.438. The lowest BCUT2D eigenvalue weighted by Crippen LogP contribution is -2.25. The summed E-state index contributed by atoms with van der Waals surface area (Å²) in [7, 11) is 0. The largest absolute Gasteiger partial charge is 0.309 e. The third kappa shape index (κ3) is 2.99. The van der Waals surface area contributed by atoms with Crippen molar-refractivity contribution in [1.82, 2.24) is 10.3 Å². The standard InChI is InChI=1S/C16H18F2N2S/c1-2-8-19-13-4-3-5-14-15(13)20-16(21-14)11-7-6-10(17)9-12(11)18/h6-7,9,13,19H,2-5,8H2,1H3. The second kappa shape index (κ2) is 6.20. The summed E-state index contributed by atoms with van der Waals surface area (Å²) in [4.78, 5) is 5.87. The number of halogens is 2. The molecule has 0 radical (unpaired) electrons. The third-order valence-electron chi connectivity index (χ3n) is 3.76. The number of thiazole rings is 1. The summed E-state index contributed by atoms with van der Waals surface area (Å²) < 4.78 is 26.9. The van der Waals surface area contributed by atoms with Crippen LogP contribution in [0, 0.1) is 11.6 Å². The Kier molecular flexibility index (Phi) is 4.31. The Balaban J connectivity index is 1.94. The van der Waals surface area contributed by atoms with E-state index in [0.29, 0.717) is 10.6 Å². The Bertz CT molecular complexity index is 639. The van der Waals surface area contributed by atoms with Crippen LogP contribution in [0.15, 0.2) is 18.2 Å². The van der Waals surface area contributed by atoms with Gasteiger partial charge in [0.05, 0.1) is 11.7 Å². The van der Waals surface area contributed by atoms with Crippen molar-refractivity contribution in [3.8, 4) is 10.6 Å². The van der Waals surface area contributed by atoms with Gasteiger partial charge in [-0.3, -0.25) is 0 Å². The fourth-order valence-electron chi connectivity index (χ4n) is 2.71. The lowest BCUT2D eigenvalue weighted by Gasteiger charge is -2.22. The molecule has 2 nitrogen and oxygen atoms in total. The molecule has 0 aliphatic heterocycles. The Morgan fingerprint density at radius 2 is 2.24 bits per heavy atom. The van der Waals surface area contributed by atoms with Gasteiger partial charge in [-0.05, 0) is 44.4 Å². The summed E-state index contributed by atoms with van der Waals surface area (Å²) in [5, 5.41) is 4.16. The Morgan fingerprint density at radius 1 is 1.38 bits per heavy atom. The maximum Gasteiger partial charge on any atom is 0.136 e. The molecule has 1 heterocycles. The quantitative estimate of drug-likeness (QED) is 0.901. The summed E-state index contributed by atoms with van der Waals surface area (Å²) in [5.41, 5.74) is 1.45. The van der Waals surface area contributed by atoms with Crippen LogP contribution in [0.3, 0.4) is 0 Å². The molecule has 1 aliphatic carbocycles. The fourth-order valence-corrected chi connectivity index (χ4v) is 3.91. The van der Waals surface area contributed by atoms with E-state index in [1.54, 1.807) is 0 Å². The molecule has 1 aliphatic rings. The summed E-state index contributed by atoms with van der Waals surface area (Å²) in [5.74, 6) is -1.10. The van der Waals surface area contributed by atoms with E-state index in [1.165, 1.54) is 28.3 Å². The van der Waals surface area contributed by atoms with E-state index in [-0.39, 0.29) is 6.04 Å². The first-order valence-corrected chi connectivity index (χ1v) is 8.19. The lowest BCUT2D eigenvalue weighted by atomic mass is 9.97. The zero-order valence-corrected chi connectivity index (χ0v) is 12.8. The van der Waals surface area contributed by atoms with Crippen LogP contribution in [-0.2, 0) is 6.42 Å². The maximum atomic E-state index is 13.9. The summed E-state index contributed by atoms with van der Waals surface area (Å²) in [6, 6.07) is 3.94. The van der Waals surface area contributed by atoms with Crippen LogP contribution >= 0.6 is 11.3 Å². The number of hydrogen-bond donors (Lipinski definition) is 1. The van der Waals surface area contributed by atoms with E-state index in [9.17, 15) is 8.78 Å². The van der Waals surface area contributed by atoms with Gasteiger partial charge in [-0.1, -0.05) is 6.92 Å². The predicted octanol–water partition coefficient (Wildman–Crippen LogP) is 4.47. The van der Waals surface area contributed by atoms with Gasteiger partial charge in [0.15, 0.2) is 0 Å². The van der Waals surface area contributed by atoms with Gasteiger partial charge in [0.2, 0.25) is 0 Å². The number of nitrogens with one attached hydrogen (secondary N) is 1. The topological polar surface area (TPSA) is 24.9 Å². The Morgan fingerprint density at radius 3 is 3.00 bits per heavy atom. The van der Waals surface area contributed by atoms with E-state index >= 15 is 0 Å². The molecule has 0 saturated heterocycles. The SMILES string of the molecule is CCCNC1CCCc2sc(-c3ccc(F)cc3F)nc21. The van der Waals surface area contributed by atoms with Gasteiger partial charge < -0.3 is 5.32 Å². The molecule has 0 bridgehead atoms. The molecule has 1 aromatic heterocycles. The number of hydrogen-bond acceptors (Lipinski definition) is 3. The van der Waals surface area contributed by atoms with Gasteiger partial charge in [-0.25, -0.2) is 13.8 Å². The number of benzene rings is 1. The van der Waals surface area contributed by atoms with Crippen LogP contribution < -0.4 is 5.32 Å². The van der Waals surface area contributed by atoms with E-state index in [4.69, 9.17) is 0 Å². The molecule has 5 heteroatoms. The van der Waals surface area contributed by atoms with E-state index in [0.717, 1.165) is 44.0 Å². The van der Waals surface area contributed by atoms with E-state index in [1.807, 2.05) is 0 Å². The minimum atomic E-state index is -0.556. The van der Waals surface area contributed by atoms with Crippen molar-refractivity contribution in [2.24, 2.45) is 0 Å². The van der Waals surface area contributed by atoms with Crippen molar-refractivity contribution in [3.63, 3.8) is 0 Å². The Labute approximate surface area is 127 Å². The van der Waals surface area contributed by atoms with Gasteiger partial charge >= 0.3 is 0 Å². The highest BCUT2D eigenvalue weighted by Gasteiger charge is 2.25. The molecule has 1 N–H and O–H groups in total. The Hall–Kier alpha value is -1.33. The molecule has 0 spiro atoms. The monoisotopic (exact) mass is 308 g/mol. The van der Waals surface area contributed by atoms with Gasteiger partial charge in [0, 0.05) is 16.5 Å². The van der Waals surface area contributed by atoms with Crippen LogP contribution in [0.25, 0.3) is 10.6 Å². The van der Waals surface area contributed by atoms with Gasteiger partial charge in [0.1, 0.15) is 16.6 Å². The molecule has 21 heavy (non-hydrogen) atoms. The maximum absolute atomic E-state index is 13.9. The zero-order chi connectivity index (χ0) is 14.8. The third-order valence-corrected chi connectivity index (χ3v) is 4.92. The summed E-state index contributed by atoms with van der Waals surface area (Å²) in [6.07, 6.45) is 4.28. The number of aromatic nitrogens is 1. The van der Waals surface area contributed by atoms with Crippen molar-refractivity contribution in [2.45, 2.75) is 38.6 Å². The number of nitrogens with zero attached hydrogens (tertiary/aromatic N) is 1. The molecule has 1 unspecified atom stereocenters. The van der Waals surface area contributed by atoms with Crippen LogP contribution in [0.4, 0.5) is 8.78 Å². The first kappa shape index (κ1) is 14.6. The number of fused-ring (bicyclic) bond motifs is 1. The van der Waals surface area contributed by atoms with Crippen LogP contribution in [0.2, 0.25) is 0 Å². The van der Waals surface area contributed by atoms with Crippen LogP contribution in [-0.4, -0.2) is 11.5 Å². The second-order valence-electron chi connectivity index (χ2n) is 5.35. The smallest absolute Gasteiger partial charge is 0.136 e. The highest BCUT2D eigenvalue weighted by molar-refractivity contribution is 7.15. The average molecular weight is 308 g/mol. The second-order valence-corrected chi connectivity index (χ2v) is 6.43. The van der Waals surface area contributed by atoms with Crippen molar-refractivity contribution < 1.29 is 8.78 Å². The highest BCUT2D eigenvalue weighted by atomic mass is 32.1. The van der Waals surface area contributed by atoms with E-state index < -0.39 is 11.6 Å². The first-order chi connectivity index (χ1) is 10.2. The molecular weight excluding hydrogens is 290 g/mol. The summed E-state index contributed by atoms with van der Waals surface area (Å²) in [6.45, 7) is 3.10. The predicted molar refractivity (Wildman–Crippen MR) is 81.4 cm³/mol. The van der Waals surface area contributed by atoms with Crippen LogP contribution in [0.1, 0.15) is 42.8 Å². The normalized spacial score (nSPS) is 17.8. The molecule has 0 fully saturated rings. The van der Waals surface area contributed by atoms with Crippen molar-refractivity contribution in [3.05, 3.63) is 40.4 Å².